The maximum Gasteiger partial charge on any atom is 0.276 e. The number of aromatic nitrogens is 3. The van der Waals surface area contributed by atoms with E-state index in [1.807, 2.05) is 17.2 Å². The van der Waals surface area contributed by atoms with E-state index in [0.29, 0.717) is 24.5 Å². The molecule has 0 unspecified atom stereocenters. The van der Waals surface area contributed by atoms with Crippen molar-refractivity contribution in [3.8, 4) is 11.3 Å². The number of rotatable bonds is 3. The molecule has 0 bridgehead atoms. The number of piperidine rings is 1. The molecule has 4 heterocycles. The average Bonchev–Trinajstić information content (AvgIpc) is 3.41. The van der Waals surface area contributed by atoms with Gasteiger partial charge in [0.1, 0.15) is 17.4 Å². The van der Waals surface area contributed by atoms with E-state index in [4.69, 9.17) is 9.51 Å². The second-order valence-electron chi connectivity index (χ2n) is 8.36. The summed E-state index contributed by atoms with van der Waals surface area (Å²) in [6.07, 6.45) is 3.45. The van der Waals surface area contributed by atoms with Crippen LogP contribution in [0.15, 0.2) is 41.1 Å². The van der Waals surface area contributed by atoms with Crippen molar-refractivity contribution in [1.82, 2.24) is 24.5 Å². The number of nitrogens with zero attached hydrogens (tertiary/aromatic N) is 5. The van der Waals surface area contributed by atoms with Crippen LogP contribution in [0.2, 0.25) is 0 Å². The predicted molar refractivity (Wildman–Crippen MR) is 113 cm³/mol. The lowest BCUT2D eigenvalue weighted by Gasteiger charge is -2.50. The van der Waals surface area contributed by atoms with Crippen molar-refractivity contribution < 1.29 is 13.7 Å². The number of aryl methyl sites for hydroxylation is 1. The van der Waals surface area contributed by atoms with Gasteiger partial charge in [0.15, 0.2) is 5.69 Å². The summed E-state index contributed by atoms with van der Waals surface area (Å²) < 4.78 is 21.1. The third-order valence-corrected chi connectivity index (χ3v) is 6.70. The molecule has 3 aromatic rings. The minimum atomic E-state index is -0.247. The molecule has 0 atom stereocenters. The number of likely N-dealkylation sites (tertiary alicyclic amines) is 1. The van der Waals surface area contributed by atoms with Crippen molar-refractivity contribution in [1.29, 1.82) is 0 Å². The van der Waals surface area contributed by atoms with Gasteiger partial charge in [-0.05, 0) is 38.4 Å². The van der Waals surface area contributed by atoms with Crippen LogP contribution in [0.4, 0.5) is 4.39 Å². The van der Waals surface area contributed by atoms with Gasteiger partial charge in [-0.25, -0.2) is 9.37 Å². The van der Waals surface area contributed by atoms with Crippen LogP contribution in [0, 0.1) is 12.7 Å². The smallest absolute Gasteiger partial charge is 0.276 e. The first-order valence-electron chi connectivity index (χ1n) is 10.8. The molecule has 1 fully saturated rings. The SMILES string of the molecule is CCN1CCn2c(-c3cccc(F)c3)cnc2C12CCN(C(=O)c1cc(C)on1)CC2. The summed E-state index contributed by atoms with van der Waals surface area (Å²) in [5.41, 5.74) is 1.92. The third kappa shape index (κ3) is 3.26. The number of fused-ring (bicyclic) bond motifs is 2. The summed E-state index contributed by atoms with van der Waals surface area (Å²) in [5.74, 6) is 1.32. The first-order chi connectivity index (χ1) is 15.0. The lowest BCUT2D eigenvalue weighted by molar-refractivity contribution is -0.00337. The van der Waals surface area contributed by atoms with Crippen LogP contribution < -0.4 is 0 Å². The number of hydrogen-bond acceptors (Lipinski definition) is 5. The second-order valence-corrected chi connectivity index (χ2v) is 8.36. The van der Waals surface area contributed by atoms with Crippen LogP contribution in [0.3, 0.4) is 0 Å². The third-order valence-electron chi connectivity index (χ3n) is 6.70. The van der Waals surface area contributed by atoms with E-state index < -0.39 is 0 Å². The molecule has 1 amide bonds. The molecule has 0 saturated carbocycles. The molecule has 1 spiro atoms. The molecule has 1 aromatic carbocycles. The second kappa shape index (κ2) is 7.60. The van der Waals surface area contributed by atoms with Gasteiger partial charge in [-0.15, -0.1) is 0 Å². The maximum atomic E-state index is 13.8. The number of hydrogen-bond donors (Lipinski definition) is 0. The minimum Gasteiger partial charge on any atom is -0.361 e. The van der Waals surface area contributed by atoms with Gasteiger partial charge in [0.25, 0.3) is 5.91 Å². The number of imidazole rings is 1. The molecule has 31 heavy (non-hydrogen) atoms. The van der Waals surface area contributed by atoms with Crippen LogP contribution in [0.5, 0.6) is 0 Å². The normalized spacial score (nSPS) is 18.4. The number of amides is 1. The van der Waals surface area contributed by atoms with Crippen LogP contribution in [0.25, 0.3) is 11.3 Å². The van der Waals surface area contributed by atoms with Gasteiger partial charge in [-0.3, -0.25) is 9.69 Å². The van der Waals surface area contributed by atoms with Crippen LogP contribution in [-0.4, -0.2) is 56.6 Å². The fourth-order valence-electron chi connectivity index (χ4n) is 5.14. The van der Waals surface area contributed by atoms with Gasteiger partial charge >= 0.3 is 0 Å². The summed E-state index contributed by atoms with van der Waals surface area (Å²) in [7, 11) is 0. The Morgan fingerprint density at radius 2 is 2.00 bits per heavy atom. The predicted octanol–water partition coefficient (Wildman–Crippen LogP) is 3.45. The Balaban J connectivity index is 1.45. The van der Waals surface area contributed by atoms with Crippen molar-refractivity contribution >= 4 is 5.91 Å². The van der Waals surface area contributed by atoms with E-state index in [2.05, 4.69) is 21.5 Å². The average molecular weight is 423 g/mol. The topological polar surface area (TPSA) is 67.4 Å². The monoisotopic (exact) mass is 423 g/mol. The Hall–Kier alpha value is -3.00. The van der Waals surface area contributed by atoms with Gasteiger partial charge in [0.2, 0.25) is 0 Å². The standard InChI is InChI=1S/C23H26FN5O2/c1-3-28-11-12-29-20(17-5-4-6-18(24)14-17)15-25-22(29)23(28)7-9-27(10-8-23)21(30)19-13-16(2)31-26-19/h4-6,13-15H,3,7-12H2,1-2H3. The van der Waals surface area contributed by atoms with E-state index in [9.17, 15) is 9.18 Å². The molecule has 0 N–H and O–H groups in total. The molecule has 2 aromatic heterocycles. The highest BCUT2D eigenvalue weighted by Crippen LogP contribution is 2.42. The minimum absolute atomic E-state index is 0.0886. The molecular formula is C23H26FN5O2. The highest BCUT2D eigenvalue weighted by Gasteiger charge is 2.47. The lowest BCUT2D eigenvalue weighted by Crippen LogP contribution is -2.58. The Kier molecular flexibility index (Phi) is 4.89. The number of carbonyl (C=O) groups is 1. The molecule has 8 heteroatoms. The van der Waals surface area contributed by atoms with Crippen molar-refractivity contribution in [2.45, 2.75) is 38.8 Å². The van der Waals surface area contributed by atoms with Gasteiger partial charge < -0.3 is 14.0 Å². The first kappa shape index (κ1) is 19.9. The number of benzene rings is 1. The fraction of sp³-hybridized carbons (Fsp3) is 0.435. The van der Waals surface area contributed by atoms with E-state index >= 15 is 0 Å². The molecular weight excluding hydrogens is 397 g/mol. The fourth-order valence-corrected chi connectivity index (χ4v) is 5.14. The van der Waals surface area contributed by atoms with E-state index in [1.54, 1.807) is 25.1 Å². The number of carbonyl (C=O) groups excluding carboxylic acids is 1. The summed E-state index contributed by atoms with van der Waals surface area (Å²) in [6, 6.07) is 8.36. The zero-order chi connectivity index (χ0) is 21.6. The summed E-state index contributed by atoms with van der Waals surface area (Å²) in [4.78, 5) is 22.0. The molecule has 2 aliphatic heterocycles. The first-order valence-corrected chi connectivity index (χ1v) is 10.8. The number of halogens is 1. The number of likely N-dealkylation sites (N-methyl/N-ethyl adjacent to an activating group) is 1. The van der Waals surface area contributed by atoms with Crippen molar-refractivity contribution in [3.63, 3.8) is 0 Å². The zero-order valence-electron chi connectivity index (χ0n) is 17.8. The van der Waals surface area contributed by atoms with E-state index in [0.717, 1.165) is 49.6 Å². The quantitative estimate of drug-likeness (QED) is 0.646. The molecule has 2 aliphatic rings. The molecule has 5 rings (SSSR count). The Morgan fingerprint density at radius 1 is 1.19 bits per heavy atom. The van der Waals surface area contributed by atoms with Gasteiger partial charge in [0.05, 0.1) is 17.4 Å². The highest BCUT2D eigenvalue weighted by atomic mass is 19.1. The molecule has 0 radical (unpaired) electrons. The molecule has 162 valence electrons. The molecule has 7 nitrogen and oxygen atoms in total. The van der Waals surface area contributed by atoms with Crippen molar-refractivity contribution in [2.24, 2.45) is 0 Å². The van der Waals surface area contributed by atoms with Crippen molar-refractivity contribution in [2.75, 3.05) is 26.2 Å². The zero-order valence-corrected chi connectivity index (χ0v) is 17.8. The van der Waals surface area contributed by atoms with E-state index in [-0.39, 0.29) is 17.3 Å². The molecule has 0 aliphatic carbocycles. The summed E-state index contributed by atoms with van der Waals surface area (Å²) in [5, 5.41) is 3.88. The molecule has 1 saturated heterocycles. The van der Waals surface area contributed by atoms with Crippen LogP contribution >= 0.6 is 0 Å². The van der Waals surface area contributed by atoms with Gasteiger partial charge in [0, 0.05) is 37.8 Å². The van der Waals surface area contributed by atoms with Crippen LogP contribution in [-0.2, 0) is 12.1 Å². The maximum absolute atomic E-state index is 13.8. The largest absolute Gasteiger partial charge is 0.361 e. The van der Waals surface area contributed by atoms with Crippen LogP contribution in [0.1, 0.15) is 41.8 Å². The summed E-state index contributed by atoms with van der Waals surface area (Å²) in [6.45, 7) is 7.84. The Labute approximate surface area is 180 Å². The van der Waals surface area contributed by atoms with Gasteiger partial charge in [-0.1, -0.05) is 24.2 Å². The van der Waals surface area contributed by atoms with Crippen molar-refractivity contribution in [3.05, 3.63) is 59.6 Å². The van der Waals surface area contributed by atoms with E-state index in [1.165, 1.54) is 6.07 Å². The highest BCUT2D eigenvalue weighted by molar-refractivity contribution is 5.92. The van der Waals surface area contributed by atoms with Gasteiger partial charge in [-0.2, -0.15) is 0 Å². The lowest BCUT2D eigenvalue weighted by atomic mass is 9.83. The Morgan fingerprint density at radius 3 is 2.68 bits per heavy atom. The summed E-state index contributed by atoms with van der Waals surface area (Å²) >= 11 is 0. The Bertz CT molecular complexity index is 1110.